The fraction of sp³-hybridized carbons (Fsp3) is 0.333. The summed E-state index contributed by atoms with van der Waals surface area (Å²) < 4.78 is 0. The summed E-state index contributed by atoms with van der Waals surface area (Å²) in [6, 6.07) is 13.1. The number of hydrogen-bond acceptors (Lipinski definition) is 0. The molecule has 0 atom stereocenters. The Balaban J connectivity index is 0.000000324. The largest absolute Gasteiger partial charge is 2.00 e. The fourth-order valence-electron chi connectivity index (χ4n) is 2.40. The molecule has 0 saturated carbocycles. The Morgan fingerprint density at radius 1 is 0.368 bits per heavy atom. The van der Waals surface area contributed by atoms with Crippen molar-refractivity contribution in [2.45, 2.75) is 41.5 Å². The van der Waals surface area contributed by atoms with Crippen molar-refractivity contribution in [3.05, 3.63) is 69.8 Å². The first-order chi connectivity index (χ1) is 8.36. The summed E-state index contributed by atoms with van der Waals surface area (Å²) in [4.78, 5) is 0. The van der Waals surface area contributed by atoms with Gasteiger partial charge in [-0.05, 0) is 41.5 Å². The molecule has 2 aromatic carbocycles. The summed E-state index contributed by atoms with van der Waals surface area (Å²) in [7, 11) is 0. The standard InChI is InChI=1S/2C9H12.V/c2*1-7-4-8(2)6-9(3)5-7;/h2*4-6H,1-3H3;/q;;+2. The van der Waals surface area contributed by atoms with E-state index in [2.05, 4.69) is 77.9 Å². The van der Waals surface area contributed by atoms with E-state index in [1.54, 1.807) is 0 Å². The van der Waals surface area contributed by atoms with Crippen LogP contribution < -0.4 is 0 Å². The zero-order valence-electron chi connectivity index (χ0n) is 12.9. The molecule has 19 heavy (non-hydrogen) atoms. The molecular weight excluding hydrogens is 267 g/mol. The Kier molecular flexibility index (Phi) is 7.82. The van der Waals surface area contributed by atoms with Crippen molar-refractivity contribution in [1.29, 1.82) is 0 Å². The first-order valence-electron chi connectivity index (χ1n) is 6.46. The zero-order chi connectivity index (χ0) is 13.7. The predicted molar refractivity (Wildman–Crippen MR) is 81.3 cm³/mol. The van der Waals surface area contributed by atoms with E-state index in [1.807, 2.05) is 0 Å². The van der Waals surface area contributed by atoms with E-state index in [1.165, 1.54) is 33.4 Å². The number of hydrogen-bond donors (Lipinski definition) is 0. The van der Waals surface area contributed by atoms with Gasteiger partial charge in [-0.15, -0.1) is 0 Å². The number of aryl methyl sites for hydroxylation is 6. The molecule has 0 aromatic heterocycles. The maximum absolute atomic E-state index is 2.19. The van der Waals surface area contributed by atoms with E-state index in [-0.39, 0.29) is 18.6 Å². The molecule has 0 saturated heterocycles. The molecule has 0 fully saturated rings. The van der Waals surface area contributed by atoms with E-state index in [9.17, 15) is 0 Å². The molecule has 0 heterocycles. The van der Waals surface area contributed by atoms with Gasteiger partial charge in [-0.1, -0.05) is 69.8 Å². The van der Waals surface area contributed by atoms with Gasteiger partial charge in [0.25, 0.3) is 0 Å². The van der Waals surface area contributed by atoms with Crippen LogP contribution in [0.5, 0.6) is 0 Å². The van der Waals surface area contributed by atoms with Gasteiger partial charge >= 0.3 is 18.6 Å². The van der Waals surface area contributed by atoms with Gasteiger partial charge in [-0.2, -0.15) is 0 Å². The van der Waals surface area contributed by atoms with Gasteiger partial charge in [0.05, 0.1) is 0 Å². The van der Waals surface area contributed by atoms with Crippen LogP contribution in [0.1, 0.15) is 33.4 Å². The molecule has 0 spiro atoms. The zero-order valence-corrected chi connectivity index (χ0v) is 14.3. The van der Waals surface area contributed by atoms with Crippen molar-refractivity contribution in [2.75, 3.05) is 0 Å². The van der Waals surface area contributed by atoms with Gasteiger partial charge in [-0.25, -0.2) is 0 Å². The Morgan fingerprint density at radius 3 is 0.579 bits per heavy atom. The average Bonchev–Trinajstić information content (AvgIpc) is 2.12. The molecule has 2 aromatic rings. The molecule has 0 aliphatic heterocycles. The first kappa shape index (κ1) is 18.0. The minimum atomic E-state index is 0. The van der Waals surface area contributed by atoms with E-state index in [0.717, 1.165) is 0 Å². The molecule has 0 bridgehead atoms. The Hall–Kier alpha value is -0.976. The number of benzene rings is 2. The third kappa shape index (κ3) is 7.25. The summed E-state index contributed by atoms with van der Waals surface area (Å²) in [6.07, 6.45) is 0. The maximum atomic E-state index is 2.19. The second-order valence-electron chi connectivity index (χ2n) is 5.33. The van der Waals surface area contributed by atoms with Crippen LogP contribution in [0, 0.1) is 41.5 Å². The molecule has 1 heteroatoms. The SMILES string of the molecule is Cc1cc(C)cc(C)c1.Cc1cc(C)cc(C)c1.[V+2]. The van der Waals surface area contributed by atoms with E-state index in [0.29, 0.717) is 0 Å². The third-order valence-electron chi connectivity index (χ3n) is 2.73. The molecule has 0 N–H and O–H groups in total. The van der Waals surface area contributed by atoms with Crippen molar-refractivity contribution >= 4 is 0 Å². The van der Waals surface area contributed by atoms with Crippen molar-refractivity contribution in [2.24, 2.45) is 0 Å². The quantitative estimate of drug-likeness (QED) is 0.624. The average molecular weight is 291 g/mol. The molecule has 0 amide bonds. The van der Waals surface area contributed by atoms with Crippen LogP contribution in [-0.4, -0.2) is 0 Å². The van der Waals surface area contributed by atoms with Crippen molar-refractivity contribution in [3.63, 3.8) is 0 Å². The molecule has 0 nitrogen and oxygen atoms in total. The van der Waals surface area contributed by atoms with Gasteiger partial charge in [0, 0.05) is 0 Å². The molecule has 0 aliphatic carbocycles. The van der Waals surface area contributed by atoms with Gasteiger partial charge in [0.1, 0.15) is 0 Å². The Labute approximate surface area is 130 Å². The second kappa shape index (κ2) is 8.25. The van der Waals surface area contributed by atoms with Gasteiger partial charge < -0.3 is 0 Å². The monoisotopic (exact) mass is 291 g/mol. The van der Waals surface area contributed by atoms with E-state index in [4.69, 9.17) is 0 Å². The van der Waals surface area contributed by atoms with Crippen molar-refractivity contribution in [3.8, 4) is 0 Å². The van der Waals surface area contributed by atoms with Crippen LogP contribution >= 0.6 is 0 Å². The topological polar surface area (TPSA) is 0 Å². The Bertz CT molecular complexity index is 377. The van der Waals surface area contributed by atoms with E-state index >= 15 is 0 Å². The fourth-order valence-corrected chi connectivity index (χ4v) is 2.40. The third-order valence-corrected chi connectivity index (χ3v) is 2.73. The second-order valence-corrected chi connectivity index (χ2v) is 5.33. The van der Waals surface area contributed by atoms with Crippen LogP contribution in [0.3, 0.4) is 0 Å². The summed E-state index contributed by atoms with van der Waals surface area (Å²) in [5.74, 6) is 0. The molecule has 1 radical (unpaired) electrons. The van der Waals surface area contributed by atoms with Gasteiger partial charge in [0.2, 0.25) is 0 Å². The maximum Gasteiger partial charge on any atom is 2.00 e. The summed E-state index contributed by atoms with van der Waals surface area (Å²) in [6.45, 7) is 12.8. The number of rotatable bonds is 0. The predicted octanol–water partition coefficient (Wildman–Crippen LogP) is 5.22. The summed E-state index contributed by atoms with van der Waals surface area (Å²) >= 11 is 0. The first-order valence-corrected chi connectivity index (χ1v) is 6.46. The normalized spacial score (nSPS) is 9.16. The van der Waals surface area contributed by atoms with Crippen LogP contribution in [-0.2, 0) is 18.6 Å². The van der Waals surface area contributed by atoms with Crippen LogP contribution in [0.4, 0.5) is 0 Å². The molecule has 0 unspecified atom stereocenters. The smallest absolute Gasteiger partial charge is 0.0564 e. The van der Waals surface area contributed by atoms with Crippen LogP contribution in [0.2, 0.25) is 0 Å². The van der Waals surface area contributed by atoms with Gasteiger partial charge in [-0.3, -0.25) is 0 Å². The Morgan fingerprint density at radius 2 is 0.474 bits per heavy atom. The molecule has 0 aliphatic rings. The van der Waals surface area contributed by atoms with Gasteiger partial charge in [0.15, 0.2) is 0 Å². The summed E-state index contributed by atoms with van der Waals surface area (Å²) in [5.41, 5.74) is 8.13. The molecule has 99 valence electrons. The summed E-state index contributed by atoms with van der Waals surface area (Å²) in [5, 5.41) is 0. The molecular formula is C18H24V+2. The van der Waals surface area contributed by atoms with Crippen LogP contribution in [0.15, 0.2) is 36.4 Å². The molecule has 2 rings (SSSR count). The van der Waals surface area contributed by atoms with Crippen LogP contribution in [0.25, 0.3) is 0 Å². The van der Waals surface area contributed by atoms with E-state index < -0.39 is 0 Å². The van der Waals surface area contributed by atoms with Crippen molar-refractivity contribution < 1.29 is 18.6 Å². The minimum absolute atomic E-state index is 0. The van der Waals surface area contributed by atoms with Crippen molar-refractivity contribution in [1.82, 2.24) is 0 Å². The minimum Gasteiger partial charge on any atom is -0.0564 e.